The summed E-state index contributed by atoms with van der Waals surface area (Å²) < 4.78 is 3.18. The first-order valence-electron chi connectivity index (χ1n) is 7.09. The molecule has 0 saturated heterocycles. The molecule has 114 valence electrons. The number of thiophene rings is 1. The zero-order chi connectivity index (χ0) is 16.7. The first-order valence-corrected chi connectivity index (χ1v) is 8.70. The lowest BCUT2D eigenvalue weighted by Gasteiger charge is -2.02. The van der Waals surface area contributed by atoms with Gasteiger partial charge in [-0.15, -0.1) is 11.3 Å². The van der Waals surface area contributed by atoms with Crippen molar-refractivity contribution in [2.45, 2.75) is 13.8 Å². The Hall–Kier alpha value is -1.64. The third-order valence-corrected chi connectivity index (χ3v) is 4.44. The predicted molar refractivity (Wildman–Crippen MR) is 109 cm³/mol. The van der Waals surface area contributed by atoms with Crippen LogP contribution >= 0.6 is 27.3 Å². The fourth-order valence-electron chi connectivity index (χ4n) is 1.96. The molecule has 0 unspecified atom stereocenters. The summed E-state index contributed by atoms with van der Waals surface area (Å²) in [6, 6.07) is 6.22. The van der Waals surface area contributed by atoms with Crippen LogP contribution in [0.4, 0.5) is 0 Å². The molecule has 0 N–H and O–H groups in total. The standard InChI is InChI=1S/C18H15BrS.C2H6/c1-5-7-17-14(4)16-9-6-8-15(18(16)20-17)12(2)10-11-13(3)19;1-2/h5-11H,1-4H2;1-2H3/b11-10-,17-7+;. The smallest absolute Gasteiger partial charge is 0.0433 e. The monoisotopic (exact) mass is 372 g/mol. The molecule has 0 fully saturated rings. The summed E-state index contributed by atoms with van der Waals surface area (Å²) in [6.07, 6.45) is 7.65. The first kappa shape index (κ1) is 18.4. The van der Waals surface area contributed by atoms with E-state index in [-0.39, 0.29) is 0 Å². The maximum Gasteiger partial charge on any atom is 0.0433 e. The fraction of sp³-hybridized carbons (Fsp3) is 0.100. The molecule has 0 radical (unpaired) electrons. The van der Waals surface area contributed by atoms with Gasteiger partial charge in [0.25, 0.3) is 0 Å². The number of allylic oxidation sites excluding steroid dienone is 5. The van der Waals surface area contributed by atoms with E-state index in [0.717, 1.165) is 25.4 Å². The SMILES string of the molecule is C=C/C=c1/sc2c(C(=C)/C=C\C(=C)Br)cccc2c1=C.CC. The van der Waals surface area contributed by atoms with Crippen LogP contribution in [-0.2, 0) is 0 Å². The van der Waals surface area contributed by atoms with Crippen LogP contribution in [0.25, 0.3) is 28.3 Å². The Morgan fingerprint density at radius 2 is 1.86 bits per heavy atom. The number of halogens is 1. The molecule has 2 rings (SSSR count). The molecule has 2 aromatic rings. The van der Waals surface area contributed by atoms with E-state index in [1.807, 2.05) is 38.1 Å². The molecule has 0 saturated carbocycles. The third kappa shape index (κ3) is 4.19. The molecule has 0 nitrogen and oxygen atoms in total. The van der Waals surface area contributed by atoms with E-state index >= 15 is 0 Å². The molecule has 0 amide bonds. The molecule has 0 spiro atoms. The maximum atomic E-state index is 4.16. The highest BCUT2D eigenvalue weighted by Crippen LogP contribution is 2.26. The van der Waals surface area contributed by atoms with Crippen molar-refractivity contribution < 1.29 is 0 Å². The molecular formula is C20H21BrS. The van der Waals surface area contributed by atoms with Gasteiger partial charge in [0.15, 0.2) is 0 Å². The third-order valence-electron chi connectivity index (χ3n) is 2.93. The molecule has 22 heavy (non-hydrogen) atoms. The van der Waals surface area contributed by atoms with Gasteiger partial charge in [0.05, 0.1) is 0 Å². The van der Waals surface area contributed by atoms with Gasteiger partial charge in [-0.2, -0.15) is 0 Å². The molecule has 0 aliphatic carbocycles. The fourth-order valence-corrected chi connectivity index (χ4v) is 3.32. The van der Waals surface area contributed by atoms with E-state index in [2.05, 4.69) is 54.4 Å². The summed E-state index contributed by atoms with van der Waals surface area (Å²) in [4.78, 5) is 0. The summed E-state index contributed by atoms with van der Waals surface area (Å²) in [5.41, 5.74) is 2.09. The average Bonchev–Trinajstić information content (AvgIpc) is 2.84. The Kier molecular flexibility index (Phi) is 7.30. The van der Waals surface area contributed by atoms with Crippen LogP contribution in [0, 0.1) is 0 Å². The maximum absolute atomic E-state index is 4.16. The van der Waals surface area contributed by atoms with E-state index in [4.69, 9.17) is 0 Å². The second-order valence-corrected chi connectivity index (χ2v) is 6.41. The minimum atomic E-state index is 0.829. The molecule has 0 bridgehead atoms. The van der Waals surface area contributed by atoms with Crippen molar-refractivity contribution in [1.29, 1.82) is 0 Å². The lowest BCUT2D eigenvalue weighted by atomic mass is 10.0. The van der Waals surface area contributed by atoms with Crippen LogP contribution in [0.15, 0.2) is 60.6 Å². The number of rotatable bonds is 4. The van der Waals surface area contributed by atoms with Gasteiger partial charge in [-0.05, 0) is 28.5 Å². The molecule has 1 aromatic carbocycles. The Morgan fingerprint density at radius 1 is 1.18 bits per heavy atom. The van der Waals surface area contributed by atoms with Gasteiger partial charge in [-0.1, -0.05) is 86.4 Å². The van der Waals surface area contributed by atoms with Gasteiger partial charge in [0, 0.05) is 19.1 Å². The van der Waals surface area contributed by atoms with Crippen molar-refractivity contribution in [2.75, 3.05) is 0 Å². The van der Waals surface area contributed by atoms with Gasteiger partial charge in [-0.3, -0.25) is 0 Å². The molecule has 0 aliphatic heterocycles. The van der Waals surface area contributed by atoms with Gasteiger partial charge >= 0.3 is 0 Å². The summed E-state index contributed by atoms with van der Waals surface area (Å²) >= 11 is 5.04. The van der Waals surface area contributed by atoms with Gasteiger partial charge in [0.1, 0.15) is 0 Å². The number of hydrogen-bond acceptors (Lipinski definition) is 1. The van der Waals surface area contributed by atoms with E-state index in [9.17, 15) is 0 Å². The van der Waals surface area contributed by atoms with Crippen molar-refractivity contribution >= 4 is 55.6 Å². The molecular weight excluding hydrogens is 352 g/mol. The largest absolute Gasteiger partial charge is 0.135 e. The Morgan fingerprint density at radius 3 is 2.45 bits per heavy atom. The highest BCUT2D eigenvalue weighted by Gasteiger charge is 2.06. The summed E-state index contributed by atoms with van der Waals surface area (Å²) in [7, 11) is 0. The summed E-state index contributed by atoms with van der Waals surface area (Å²) in [5.74, 6) is 0. The van der Waals surface area contributed by atoms with Crippen molar-refractivity contribution in [3.8, 4) is 0 Å². The topological polar surface area (TPSA) is 0 Å². The Bertz CT molecular complexity index is 834. The van der Waals surface area contributed by atoms with Crippen LogP contribution in [0.3, 0.4) is 0 Å². The summed E-state index contributed by atoms with van der Waals surface area (Å²) in [6.45, 7) is 19.8. The van der Waals surface area contributed by atoms with Gasteiger partial charge in [-0.25, -0.2) is 0 Å². The van der Waals surface area contributed by atoms with E-state index < -0.39 is 0 Å². The van der Waals surface area contributed by atoms with Crippen molar-refractivity contribution in [3.63, 3.8) is 0 Å². The Labute approximate surface area is 145 Å². The molecule has 0 aliphatic rings. The molecule has 2 heteroatoms. The number of hydrogen-bond donors (Lipinski definition) is 0. The summed E-state index contributed by atoms with van der Waals surface area (Å²) in [5, 5.41) is 2.22. The zero-order valence-electron chi connectivity index (χ0n) is 13.2. The van der Waals surface area contributed by atoms with Crippen LogP contribution < -0.4 is 9.75 Å². The van der Waals surface area contributed by atoms with Crippen molar-refractivity contribution in [3.05, 3.63) is 76.0 Å². The van der Waals surface area contributed by atoms with Gasteiger partial charge < -0.3 is 0 Å². The highest BCUT2D eigenvalue weighted by atomic mass is 79.9. The van der Waals surface area contributed by atoms with Crippen LogP contribution in [-0.4, -0.2) is 0 Å². The average molecular weight is 373 g/mol. The molecule has 1 aromatic heterocycles. The van der Waals surface area contributed by atoms with Crippen LogP contribution in [0.1, 0.15) is 19.4 Å². The lowest BCUT2D eigenvalue weighted by molar-refractivity contribution is 1.50. The highest BCUT2D eigenvalue weighted by molar-refractivity contribution is 9.11. The quantitative estimate of drug-likeness (QED) is 0.596. The normalized spacial score (nSPS) is 11.3. The predicted octanol–water partition coefficient (Wildman–Crippen LogP) is 5.78. The van der Waals surface area contributed by atoms with Crippen LogP contribution in [0.2, 0.25) is 0 Å². The van der Waals surface area contributed by atoms with E-state index in [1.54, 1.807) is 17.4 Å². The van der Waals surface area contributed by atoms with Crippen molar-refractivity contribution in [1.82, 2.24) is 0 Å². The lowest BCUT2D eigenvalue weighted by Crippen LogP contribution is -2.15. The minimum Gasteiger partial charge on any atom is -0.135 e. The van der Waals surface area contributed by atoms with Crippen LogP contribution in [0.5, 0.6) is 0 Å². The van der Waals surface area contributed by atoms with E-state index in [0.29, 0.717) is 0 Å². The minimum absolute atomic E-state index is 0.829. The molecule has 0 atom stereocenters. The van der Waals surface area contributed by atoms with Crippen molar-refractivity contribution in [2.24, 2.45) is 0 Å². The van der Waals surface area contributed by atoms with Gasteiger partial charge in [0.2, 0.25) is 0 Å². The first-order chi connectivity index (χ1) is 10.5. The second-order valence-electron chi connectivity index (χ2n) is 4.33. The Balaban J connectivity index is 0.00000116. The zero-order valence-corrected chi connectivity index (χ0v) is 15.6. The number of fused-ring (bicyclic) bond motifs is 1. The molecule has 1 heterocycles. The van der Waals surface area contributed by atoms with E-state index in [1.165, 1.54) is 10.1 Å². The second kappa shape index (κ2) is 8.72. The number of benzene rings is 1.